The van der Waals surface area contributed by atoms with Crippen molar-refractivity contribution in [3.8, 4) is 11.5 Å². The first-order valence-corrected chi connectivity index (χ1v) is 11.4. The highest BCUT2D eigenvalue weighted by molar-refractivity contribution is 7.89. The third-order valence-corrected chi connectivity index (χ3v) is 7.07. The summed E-state index contributed by atoms with van der Waals surface area (Å²) in [6.45, 7) is 1.89. The average molecular weight is 455 g/mol. The van der Waals surface area contributed by atoms with E-state index >= 15 is 0 Å². The minimum atomic E-state index is -3.95. The summed E-state index contributed by atoms with van der Waals surface area (Å²) in [4.78, 5) is 0.142. The van der Waals surface area contributed by atoms with Gasteiger partial charge in [0.25, 0.3) is 10.0 Å². The highest BCUT2D eigenvalue weighted by Crippen LogP contribution is 2.38. The molecule has 6 nitrogen and oxygen atoms in total. The summed E-state index contributed by atoms with van der Waals surface area (Å²) in [6.07, 6.45) is 0.313. The molecule has 0 amide bonds. The van der Waals surface area contributed by atoms with E-state index in [1.807, 2.05) is 6.92 Å². The number of nitrogens with zero attached hydrogens (tertiary/aromatic N) is 2. The molecule has 1 atom stereocenters. The zero-order chi connectivity index (χ0) is 22.9. The van der Waals surface area contributed by atoms with Crippen LogP contribution in [0.2, 0.25) is 0 Å². The van der Waals surface area contributed by atoms with E-state index in [1.165, 1.54) is 12.1 Å². The Kier molecular flexibility index (Phi) is 5.88. The first-order valence-electron chi connectivity index (χ1n) is 9.99. The number of aryl methyl sites for hydroxylation is 1. The second-order valence-electron chi connectivity index (χ2n) is 7.51. The van der Waals surface area contributed by atoms with Crippen molar-refractivity contribution in [2.75, 3.05) is 14.2 Å². The first kappa shape index (κ1) is 21.8. The third kappa shape index (κ3) is 4.18. The van der Waals surface area contributed by atoms with Crippen molar-refractivity contribution < 1.29 is 22.3 Å². The molecule has 0 fully saturated rings. The van der Waals surface area contributed by atoms with Crippen LogP contribution in [0.1, 0.15) is 29.2 Å². The third-order valence-electron chi connectivity index (χ3n) is 5.38. The summed E-state index contributed by atoms with van der Waals surface area (Å²) in [6, 6.07) is 17.1. The Bertz CT molecular complexity index is 1230. The van der Waals surface area contributed by atoms with E-state index in [-0.39, 0.29) is 4.90 Å². The lowest BCUT2D eigenvalue weighted by Crippen LogP contribution is -2.27. The molecule has 1 heterocycles. The van der Waals surface area contributed by atoms with Crippen molar-refractivity contribution >= 4 is 15.7 Å². The number of sulfonamides is 1. The van der Waals surface area contributed by atoms with E-state index in [4.69, 9.17) is 9.47 Å². The number of benzene rings is 3. The van der Waals surface area contributed by atoms with E-state index < -0.39 is 21.9 Å². The summed E-state index contributed by atoms with van der Waals surface area (Å²) in [5, 5.41) is 4.52. The van der Waals surface area contributed by atoms with Crippen molar-refractivity contribution in [2.45, 2.75) is 24.3 Å². The molecule has 8 heteroatoms. The quantitative estimate of drug-likeness (QED) is 0.542. The zero-order valence-corrected chi connectivity index (χ0v) is 18.8. The maximum absolute atomic E-state index is 13.5. The Balaban J connectivity index is 1.82. The summed E-state index contributed by atoms with van der Waals surface area (Å²) in [5.74, 6) is 0.749. The van der Waals surface area contributed by atoms with Gasteiger partial charge in [0.05, 0.1) is 30.9 Å². The highest BCUT2D eigenvalue weighted by atomic mass is 32.2. The van der Waals surface area contributed by atoms with Crippen LogP contribution in [0, 0.1) is 12.7 Å². The van der Waals surface area contributed by atoms with Gasteiger partial charge >= 0.3 is 0 Å². The minimum Gasteiger partial charge on any atom is -0.497 e. The van der Waals surface area contributed by atoms with Crippen molar-refractivity contribution in [3.05, 3.63) is 89.2 Å². The number of rotatable bonds is 6. The van der Waals surface area contributed by atoms with Crippen LogP contribution in [0.5, 0.6) is 11.5 Å². The Morgan fingerprint density at radius 1 is 0.938 bits per heavy atom. The molecule has 4 rings (SSSR count). The van der Waals surface area contributed by atoms with Crippen molar-refractivity contribution in [2.24, 2.45) is 5.10 Å². The summed E-state index contributed by atoms with van der Waals surface area (Å²) in [5.41, 5.74) is 2.85. The predicted molar refractivity (Wildman–Crippen MR) is 120 cm³/mol. The molecule has 0 bridgehead atoms. The summed E-state index contributed by atoms with van der Waals surface area (Å²) in [7, 11) is -0.853. The molecule has 3 aromatic rings. The maximum Gasteiger partial charge on any atom is 0.279 e. The van der Waals surface area contributed by atoms with Crippen LogP contribution in [0.4, 0.5) is 4.39 Å². The molecule has 0 spiro atoms. The minimum absolute atomic E-state index is 0.142. The smallest absolute Gasteiger partial charge is 0.279 e. The zero-order valence-electron chi connectivity index (χ0n) is 17.9. The van der Waals surface area contributed by atoms with Gasteiger partial charge in [-0.25, -0.2) is 4.39 Å². The normalized spacial score (nSPS) is 16.1. The Morgan fingerprint density at radius 3 is 2.09 bits per heavy atom. The van der Waals surface area contributed by atoms with Crippen LogP contribution in [0.3, 0.4) is 0 Å². The van der Waals surface area contributed by atoms with Gasteiger partial charge in [0, 0.05) is 18.1 Å². The van der Waals surface area contributed by atoms with Crippen molar-refractivity contribution in [1.82, 2.24) is 4.41 Å². The summed E-state index contributed by atoms with van der Waals surface area (Å²) < 4.78 is 52.4. The lowest BCUT2D eigenvalue weighted by Gasteiger charge is -2.23. The Hall–Kier alpha value is -3.39. The summed E-state index contributed by atoms with van der Waals surface area (Å²) >= 11 is 0. The van der Waals surface area contributed by atoms with Crippen LogP contribution in [-0.2, 0) is 10.0 Å². The molecule has 0 aliphatic carbocycles. The fourth-order valence-corrected chi connectivity index (χ4v) is 5.04. The number of halogens is 1. The van der Waals surface area contributed by atoms with Crippen LogP contribution in [0.15, 0.2) is 76.7 Å². The van der Waals surface area contributed by atoms with E-state index in [9.17, 15) is 12.8 Å². The molecule has 166 valence electrons. The largest absolute Gasteiger partial charge is 0.497 e. The van der Waals surface area contributed by atoms with Gasteiger partial charge in [0.2, 0.25) is 0 Å². The van der Waals surface area contributed by atoms with E-state index in [1.54, 1.807) is 68.8 Å². The van der Waals surface area contributed by atoms with Gasteiger partial charge in [-0.2, -0.15) is 17.9 Å². The van der Waals surface area contributed by atoms with Crippen LogP contribution >= 0.6 is 0 Å². The molecule has 1 aliphatic rings. The van der Waals surface area contributed by atoms with Gasteiger partial charge in [0.15, 0.2) is 0 Å². The highest BCUT2D eigenvalue weighted by Gasteiger charge is 2.38. The molecule has 0 radical (unpaired) electrons. The van der Waals surface area contributed by atoms with Gasteiger partial charge in [-0.05, 0) is 48.9 Å². The number of methoxy groups -OCH3 is 2. The molecule has 3 aromatic carbocycles. The van der Waals surface area contributed by atoms with Gasteiger partial charge in [-0.15, -0.1) is 0 Å². The van der Waals surface area contributed by atoms with Crippen LogP contribution < -0.4 is 9.47 Å². The van der Waals surface area contributed by atoms with E-state index in [0.29, 0.717) is 34.8 Å². The number of hydrazone groups is 1. The van der Waals surface area contributed by atoms with Gasteiger partial charge in [0.1, 0.15) is 17.3 Å². The molecule has 0 aromatic heterocycles. The predicted octanol–water partition coefficient (Wildman–Crippen LogP) is 4.69. The number of ether oxygens (including phenoxy) is 2. The second-order valence-corrected chi connectivity index (χ2v) is 9.31. The Labute approximate surface area is 187 Å². The number of hydrogen-bond acceptors (Lipinski definition) is 5. The molecule has 0 N–H and O–H groups in total. The Morgan fingerprint density at radius 2 is 1.53 bits per heavy atom. The standard InChI is InChI=1S/C24H23FN2O4S/c1-16-4-10-22(11-5-16)32(28,29)27-24(17-6-8-19(25)9-7-17)15-23(26-27)18-12-20(30-2)14-21(13-18)31-3/h4-14,24H,15H2,1-3H3/t24-/m1/s1. The van der Waals surface area contributed by atoms with Gasteiger partial charge < -0.3 is 9.47 Å². The fourth-order valence-electron chi connectivity index (χ4n) is 3.61. The fraction of sp³-hybridized carbons (Fsp3) is 0.208. The first-order chi connectivity index (χ1) is 15.3. The molecular weight excluding hydrogens is 431 g/mol. The molecule has 0 saturated carbocycles. The van der Waals surface area contributed by atoms with Gasteiger partial charge in [-0.3, -0.25) is 0 Å². The molecule has 0 unspecified atom stereocenters. The molecular formula is C24H23FN2O4S. The number of hydrogen-bond donors (Lipinski definition) is 0. The molecule has 1 aliphatic heterocycles. The van der Waals surface area contributed by atoms with Crippen LogP contribution in [-0.4, -0.2) is 32.8 Å². The van der Waals surface area contributed by atoms with Crippen LogP contribution in [0.25, 0.3) is 0 Å². The van der Waals surface area contributed by atoms with Crippen molar-refractivity contribution in [1.29, 1.82) is 0 Å². The molecule has 32 heavy (non-hydrogen) atoms. The molecule has 0 saturated heterocycles. The lowest BCUT2D eigenvalue weighted by molar-refractivity contribution is 0.371. The average Bonchev–Trinajstić information content (AvgIpc) is 3.26. The second kappa shape index (κ2) is 8.63. The monoisotopic (exact) mass is 454 g/mol. The lowest BCUT2D eigenvalue weighted by atomic mass is 9.99. The van der Waals surface area contributed by atoms with E-state index in [2.05, 4.69) is 5.10 Å². The maximum atomic E-state index is 13.5. The van der Waals surface area contributed by atoms with Crippen molar-refractivity contribution in [3.63, 3.8) is 0 Å². The van der Waals surface area contributed by atoms with Gasteiger partial charge in [-0.1, -0.05) is 29.8 Å². The van der Waals surface area contributed by atoms with E-state index in [0.717, 1.165) is 9.98 Å². The SMILES string of the molecule is COc1cc(OC)cc(C2=NN(S(=O)(=O)c3ccc(C)cc3)[C@@H](c3ccc(F)cc3)C2)c1. The topological polar surface area (TPSA) is 68.2 Å².